The van der Waals surface area contributed by atoms with E-state index in [1.165, 1.54) is 43.6 Å². The van der Waals surface area contributed by atoms with Crippen molar-refractivity contribution >= 4 is 43.4 Å². The lowest BCUT2D eigenvalue weighted by Crippen LogP contribution is -2.22. The Labute approximate surface area is 194 Å². The van der Waals surface area contributed by atoms with Gasteiger partial charge in [0.05, 0.1) is 33.1 Å². The Hall–Kier alpha value is -3.28. The Balaban J connectivity index is 1.60. The Morgan fingerprint density at radius 2 is 1.70 bits per heavy atom. The van der Waals surface area contributed by atoms with Gasteiger partial charge in [-0.1, -0.05) is 12.1 Å². The number of benzene rings is 2. The van der Waals surface area contributed by atoms with E-state index in [2.05, 4.69) is 20.3 Å². The highest BCUT2D eigenvalue weighted by Gasteiger charge is 2.19. The lowest BCUT2D eigenvalue weighted by atomic mass is 10.1. The molecule has 0 radical (unpaired) electrons. The van der Waals surface area contributed by atoms with Crippen molar-refractivity contribution in [2.45, 2.75) is 18.7 Å². The number of aryl methyl sites for hydroxylation is 2. The Bertz CT molecular complexity index is 1480. The number of halogens is 1. The van der Waals surface area contributed by atoms with Crippen molar-refractivity contribution in [2.24, 2.45) is 0 Å². The minimum Gasteiger partial charge on any atom is -0.298 e. The number of nitrogens with one attached hydrogen (secondary N) is 1. The third-order valence-electron chi connectivity index (χ3n) is 5.04. The van der Waals surface area contributed by atoms with Crippen molar-refractivity contribution in [3.63, 3.8) is 0 Å². The number of anilines is 1. The summed E-state index contributed by atoms with van der Waals surface area (Å²) in [6.07, 6.45) is 0. The van der Waals surface area contributed by atoms with Gasteiger partial charge in [-0.15, -0.1) is 11.3 Å². The summed E-state index contributed by atoms with van der Waals surface area (Å²) in [5, 5.41) is 4.74. The van der Waals surface area contributed by atoms with Gasteiger partial charge in [0.1, 0.15) is 11.3 Å². The fourth-order valence-corrected chi connectivity index (χ4v) is 4.72. The summed E-state index contributed by atoms with van der Waals surface area (Å²) in [7, 11) is -0.594. The molecule has 0 saturated carbocycles. The second kappa shape index (κ2) is 8.58. The van der Waals surface area contributed by atoms with E-state index in [4.69, 9.17) is 0 Å². The van der Waals surface area contributed by atoms with Gasteiger partial charge in [-0.05, 0) is 32.0 Å². The van der Waals surface area contributed by atoms with E-state index >= 15 is 0 Å². The molecule has 0 atom stereocenters. The first-order chi connectivity index (χ1) is 15.6. The van der Waals surface area contributed by atoms with E-state index in [0.717, 1.165) is 10.4 Å². The second-order valence-corrected chi connectivity index (χ2v) is 10.5. The molecule has 0 aliphatic heterocycles. The van der Waals surface area contributed by atoms with Gasteiger partial charge in [-0.25, -0.2) is 32.1 Å². The molecule has 170 valence electrons. The first kappa shape index (κ1) is 22.9. The van der Waals surface area contributed by atoms with Gasteiger partial charge in [0.2, 0.25) is 10.0 Å². The summed E-state index contributed by atoms with van der Waals surface area (Å²) < 4.78 is 39.7. The summed E-state index contributed by atoms with van der Waals surface area (Å²) in [5.74, 6) is -1.14. The summed E-state index contributed by atoms with van der Waals surface area (Å²) in [5.41, 5.74) is 3.25. The van der Waals surface area contributed by atoms with Gasteiger partial charge in [0, 0.05) is 31.1 Å². The molecule has 11 heteroatoms. The first-order valence-corrected chi connectivity index (χ1v) is 12.1. The molecule has 2 aromatic carbocycles. The van der Waals surface area contributed by atoms with Crippen LogP contribution in [-0.4, -0.2) is 47.7 Å². The van der Waals surface area contributed by atoms with Gasteiger partial charge in [-0.3, -0.25) is 10.1 Å². The van der Waals surface area contributed by atoms with Crippen LogP contribution in [-0.2, 0) is 10.0 Å². The number of fused-ring (bicyclic) bond motifs is 1. The molecule has 4 rings (SSSR count). The van der Waals surface area contributed by atoms with Crippen molar-refractivity contribution < 1.29 is 17.6 Å². The molecular weight excluding hydrogens is 465 g/mol. The third kappa shape index (κ3) is 4.47. The van der Waals surface area contributed by atoms with Crippen LogP contribution in [0.1, 0.15) is 21.7 Å². The number of carbonyl (C=O) groups excluding carboxylic acids is 1. The SMILES string of the molecule is Cc1nc2cc(F)cc(C(=O)Nc3nc(-c4ccc(S(=O)(=O)N(C)C)cc4)cs3)c2nc1C. The van der Waals surface area contributed by atoms with Crippen LogP contribution in [0.15, 0.2) is 46.7 Å². The van der Waals surface area contributed by atoms with Gasteiger partial charge in [0.25, 0.3) is 5.91 Å². The zero-order valence-corrected chi connectivity index (χ0v) is 19.9. The Morgan fingerprint density at radius 3 is 2.36 bits per heavy atom. The van der Waals surface area contributed by atoms with Crippen molar-refractivity contribution in [1.29, 1.82) is 0 Å². The second-order valence-electron chi connectivity index (χ2n) is 7.52. The fraction of sp³-hybridized carbons (Fsp3) is 0.182. The van der Waals surface area contributed by atoms with Crippen LogP contribution in [0.5, 0.6) is 0 Å². The average molecular weight is 486 g/mol. The zero-order valence-electron chi connectivity index (χ0n) is 18.2. The molecule has 0 spiro atoms. The number of rotatable bonds is 5. The fourth-order valence-electron chi connectivity index (χ4n) is 3.11. The minimum absolute atomic E-state index is 0.0654. The number of hydrogen-bond donors (Lipinski definition) is 1. The number of sulfonamides is 1. The number of hydrogen-bond acceptors (Lipinski definition) is 7. The highest BCUT2D eigenvalue weighted by Crippen LogP contribution is 2.27. The average Bonchev–Trinajstić information content (AvgIpc) is 3.22. The van der Waals surface area contributed by atoms with Crippen LogP contribution < -0.4 is 5.32 Å². The molecule has 0 aliphatic rings. The molecular formula is C22H20FN5O3S2. The molecule has 0 saturated heterocycles. The van der Waals surface area contributed by atoms with Crippen molar-refractivity contribution in [3.05, 3.63) is 64.5 Å². The van der Waals surface area contributed by atoms with Crippen molar-refractivity contribution in [3.8, 4) is 11.3 Å². The summed E-state index contributed by atoms with van der Waals surface area (Å²) in [6.45, 7) is 3.54. The molecule has 8 nitrogen and oxygen atoms in total. The standard InChI is InChI=1S/C22H20FN5O3S2/c1-12-13(2)25-20-17(9-15(23)10-18(20)24-12)21(29)27-22-26-19(11-32-22)14-5-7-16(8-6-14)33(30,31)28(3)4/h5-11H,1-4H3,(H,26,27,29). The van der Waals surface area contributed by atoms with E-state index in [1.54, 1.807) is 31.4 Å². The number of thiazole rings is 1. The zero-order chi connectivity index (χ0) is 23.9. The molecule has 33 heavy (non-hydrogen) atoms. The number of nitrogens with zero attached hydrogens (tertiary/aromatic N) is 4. The van der Waals surface area contributed by atoms with Crippen molar-refractivity contribution in [1.82, 2.24) is 19.3 Å². The summed E-state index contributed by atoms with van der Waals surface area (Å²) in [4.78, 5) is 26.2. The predicted octanol–water partition coefficient (Wildman–Crippen LogP) is 4.01. The quantitative estimate of drug-likeness (QED) is 0.458. The normalized spacial score (nSPS) is 11.8. The van der Waals surface area contributed by atoms with E-state index in [9.17, 15) is 17.6 Å². The Kier molecular flexibility index (Phi) is 5.95. The highest BCUT2D eigenvalue weighted by atomic mass is 32.2. The van der Waals surface area contributed by atoms with Crippen LogP contribution in [0, 0.1) is 19.7 Å². The highest BCUT2D eigenvalue weighted by molar-refractivity contribution is 7.89. The summed E-state index contributed by atoms with van der Waals surface area (Å²) in [6, 6.07) is 8.68. The minimum atomic E-state index is -3.53. The first-order valence-electron chi connectivity index (χ1n) is 9.80. The van der Waals surface area contributed by atoms with Crippen LogP contribution in [0.4, 0.5) is 9.52 Å². The van der Waals surface area contributed by atoms with Gasteiger partial charge in [-0.2, -0.15) is 0 Å². The van der Waals surface area contributed by atoms with Crippen molar-refractivity contribution in [2.75, 3.05) is 19.4 Å². The van der Waals surface area contributed by atoms with Crippen LogP contribution in [0.3, 0.4) is 0 Å². The summed E-state index contributed by atoms with van der Waals surface area (Å²) >= 11 is 1.20. The molecule has 2 aromatic heterocycles. The van der Waals surface area contributed by atoms with E-state index in [1.807, 2.05) is 0 Å². The van der Waals surface area contributed by atoms with Gasteiger partial charge in [0.15, 0.2) is 5.13 Å². The Morgan fingerprint density at radius 1 is 1.03 bits per heavy atom. The van der Waals surface area contributed by atoms with Gasteiger partial charge < -0.3 is 0 Å². The molecule has 0 aliphatic carbocycles. The molecule has 0 fully saturated rings. The monoisotopic (exact) mass is 485 g/mol. The molecule has 0 bridgehead atoms. The molecule has 4 aromatic rings. The topological polar surface area (TPSA) is 105 Å². The lowest BCUT2D eigenvalue weighted by molar-refractivity contribution is 0.102. The smallest absolute Gasteiger partial charge is 0.259 e. The van der Waals surface area contributed by atoms with E-state index < -0.39 is 21.7 Å². The number of aromatic nitrogens is 3. The maximum atomic E-state index is 14.1. The van der Waals surface area contributed by atoms with E-state index in [-0.39, 0.29) is 10.5 Å². The maximum Gasteiger partial charge on any atom is 0.259 e. The third-order valence-corrected chi connectivity index (χ3v) is 7.63. The van der Waals surface area contributed by atoms with Crippen LogP contribution in [0.2, 0.25) is 0 Å². The largest absolute Gasteiger partial charge is 0.298 e. The maximum absolute atomic E-state index is 14.1. The molecule has 2 heterocycles. The van der Waals surface area contributed by atoms with Crippen LogP contribution >= 0.6 is 11.3 Å². The van der Waals surface area contributed by atoms with Gasteiger partial charge >= 0.3 is 0 Å². The molecule has 1 amide bonds. The predicted molar refractivity (Wildman–Crippen MR) is 125 cm³/mol. The lowest BCUT2D eigenvalue weighted by Gasteiger charge is -2.11. The van der Waals surface area contributed by atoms with Crippen LogP contribution in [0.25, 0.3) is 22.3 Å². The number of amides is 1. The van der Waals surface area contributed by atoms with E-state index in [0.29, 0.717) is 38.8 Å². The molecule has 1 N–H and O–H groups in total. The molecule has 0 unspecified atom stereocenters. The number of carbonyl (C=O) groups is 1.